The fourth-order valence-corrected chi connectivity index (χ4v) is 7.05. The van der Waals surface area contributed by atoms with Gasteiger partial charge in [-0.3, -0.25) is 4.79 Å². The molecule has 1 saturated heterocycles. The molecule has 1 amide bonds. The van der Waals surface area contributed by atoms with Gasteiger partial charge in [0, 0.05) is 24.5 Å². The van der Waals surface area contributed by atoms with Gasteiger partial charge in [-0.2, -0.15) is 0 Å². The van der Waals surface area contributed by atoms with Crippen molar-refractivity contribution in [2.45, 2.75) is 49.8 Å². The minimum absolute atomic E-state index is 0.122. The van der Waals surface area contributed by atoms with Gasteiger partial charge in [0.05, 0.1) is 17.1 Å². The highest BCUT2D eigenvalue weighted by Gasteiger charge is 2.21. The Morgan fingerprint density at radius 2 is 1.97 bits per heavy atom. The maximum atomic E-state index is 12.8. The van der Waals surface area contributed by atoms with E-state index in [9.17, 15) is 4.79 Å². The van der Waals surface area contributed by atoms with Crippen LogP contribution < -0.4 is 5.32 Å². The van der Waals surface area contributed by atoms with Crippen LogP contribution in [0, 0.1) is 0 Å². The average molecular weight is 440 g/mol. The molecule has 0 radical (unpaired) electrons. The van der Waals surface area contributed by atoms with Gasteiger partial charge in [-0.05, 0) is 43.4 Å². The normalized spacial score (nSPS) is 17.3. The number of para-hydroxylation sites is 2. The Morgan fingerprint density at radius 3 is 2.73 bits per heavy atom. The topological polar surface area (TPSA) is 46.9 Å². The number of benzene rings is 2. The van der Waals surface area contributed by atoms with E-state index < -0.39 is 0 Å². The van der Waals surface area contributed by atoms with Crippen LogP contribution in [0.3, 0.4) is 0 Å². The van der Waals surface area contributed by atoms with Gasteiger partial charge < -0.3 is 9.88 Å². The maximum absolute atomic E-state index is 12.8. The first-order valence-electron chi connectivity index (χ1n) is 10.7. The molecular weight excluding hydrogens is 410 g/mol. The molecule has 0 spiro atoms. The highest BCUT2D eigenvalue weighted by atomic mass is 33.1. The molecule has 3 aromatic rings. The van der Waals surface area contributed by atoms with E-state index in [1.807, 2.05) is 65.0 Å². The summed E-state index contributed by atoms with van der Waals surface area (Å²) >= 11 is 0. The fraction of sp³-hybridized carbons (Fsp3) is 0.417. The third-order valence-corrected chi connectivity index (χ3v) is 8.67. The number of carbonyl (C=O) groups excluding carboxylic acids is 1. The number of hydrogen-bond donors (Lipinski definition) is 1. The summed E-state index contributed by atoms with van der Waals surface area (Å²) < 4.78 is 2.11. The van der Waals surface area contributed by atoms with Crippen LogP contribution in [0.25, 0.3) is 11.0 Å². The summed E-state index contributed by atoms with van der Waals surface area (Å²) in [5.41, 5.74) is 3.26. The molecule has 0 unspecified atom stereocenters. The van der Waals surface area contributed by atoms with E-state index >= 15 is 0 Å². The van der Waals surface area contributed by atoms with E-state index in [0.717, 1.165) is 41.4 Å². The van der Waals surface area contributed by atoms with Gasteiger partial charge >= 0.3 is 0 Å². The van der Waals surface area contributed by atoms with Crippen molar-refractivity contribution < 1.29 is 4.79 Å². The highest BCUT2D eigenvalue weighted by molar-refractivity contribution is 8.77. The number of aromatic nitrogens is 2. The molecular formula is C24H29N3OS2. The van der Waals surface area contributed by atoms with Gasteiger partial charge in [0.15, 0.2) is 0 Å². The average Bonchev–Trinajstić information content (AvgIpc) is 3.40. The summed E-state index contributed by atoms with van der Waals surface area (Å²) in [5, 5.41) is 4.06. The summed E-state index contributed by atoms with van der Waals surface area (Å²) in [4.78, 5) is 17.6. The number of hydrogen-bond acceptors (Lipinski definition) is 4. The minimum Gasteiger partial charge on any atom is -0.346 e. The highest BCUT2D eigenvalue weighted by Crippen LogP contribution is 2.39. The maximum Gasteiger partial charge on any atom is 0.220 e. The lowest BCUT2D eigenvalue weighted by atomic mass is 10.0. The molecule has 1 aromatic heterocycles. The fourth-order valence-electron chi connectivity index (χ4n) is 4.02. The molecule has 2 aromatic carbocycles. The Labute approximate surface area is 186 Å². The summed E-state index contributed by atoms with van der Waals surface area (Å²) in [6, 6.07) is 18.3. The lowest BCUT2D eigenvalue weighted by Crippen LogP contribution is -2.31. The Bertz CT molecular complexity index is 967. The number of unbranched alkanes of at least 4 members (excludes halogenated alkanes) is 1. The molecule has 1 N–H and O–H groups in total. The number of amides is 1. The number of nitrogens with one attached hydrogen (secondary N) is 1. The lowest BCUT2D eigenvalue weighted by Gasteiger charge is -2.19. The SMILES string of the molecule is Cn1c([C@@H](Cc2ccccc2)NC(=O)CCCC[C@@H]2CCSS2)nc2ccccc21. The summed E-state index contributed by atoms with van der Waals surface area (Å²) in [5.74, 6) is 2.30. The zero-order valence-electron chi connectivity index (χ0n) is 17.4. The molecule has 0 aliphatic carbocycles. The summed E-state index contributed by atoms with van der Waals surface area (Å²) in [6.07, 6.45) is 5.94. The predicted molar refractivity (Wildman–Crippen MR) is 129 cm³/mol. The van der Waals surface area contributed by atoms with Gasteiger partial charge in [-0.25, -0.2) is 4.98 Å². The van der Waals surface area contributed by atoms with Crippen molar-refractivity contribution in [3.05, 3.63) is 66.0 Å². The van der Waals surface area contributed by atoms with Crippen LogP contribution >= 0.6 is 21.6 Å². The standard InChI is InChI=1S/C24H29N3OS2/c1-27-22-13-7-6-12-20(22)26-24(27)21(17-18-9-3-2-4-10-18)25-23(28)14-8-5-11-19-15-16-29-30-19/h2-4,6-7,9-10,12-13,19,21H,5,8,11,14-17H2,1H3,(H,25,28)/t19-,21-/m1/s1. The number of fused-ring (bicyclic) bond motifs is 1. The smallest absolute Gasteiger partial charge is 0.220 e. The van der Waals surface area contributed by atoms with Crippen LogP contribution in [0.5, 0.6) is 0 Å². The van der Waals surface area contributed by atoms with E-state index in [-0.39, 0.29) is 11.9 Å². The molecule has 2 atom stereocenters. The van der Waals surface area contributed by atoms with Crippen LogP contribution in [0.2, 0.25) is 0 Å². The lowest BCUT2D eigenvalue weighted by molar-refractivity contribution is -0.122. The molecule has 1 aliphatic heterocycles. The van der Waals surface area contributed by atoms with Gasteiger partial charge in [-0.1, -0.05) is 70.5 Å². The number of rotatable bonds is 9. The Morgan fingerprint density at radius 1 is 1.17 bits per heavy atom. The second-order valence-corrected chi connectivity index (χ2v) is 10.7. The summed E-state index contributed by atoms with van der Waals surface area (Å²) in [7, 11) is 6.04. The summed E-state index contributed by atoms with van der Waals surface area (Å²) in [6.45, 7) is 0. The second-order valence-electron chi connectivity index (χ2n) is 7.90. The Hall–Kier alpha value is -1.92. The molecule has 4 nitrogen and oxygen atoms in total. The largest absolute Gasteiger partial charge is 0.346 e. The van der Waals surface area contributed by atoms with Crippen molar-refractivity contribution in [3.63, 3.8) is 0 Å². The first kappa shape index (κ1) is 21.3. The first-order valence-corrected chi connectivity index (χ1v) is 13.1. The van der Waals surface area contributed by atoms with Gasteiger partial charge in [0.25, 0.3) is 0 Å². The third-order valence-electron chi connectivity index (χ3n) is 5.66. The molecule has 0 saturated carbocycles. The van der Waals surface area contributed by atoms with Crippen molar-refractivity contribution >= 4 is 38.5 Å². The third kappa shape index (κ3) is 5.41. The zero-order valence-corrected chi connectivity index (χ0v) is 19.1. The van der Waals surface area contributed by atoms with E-state index in [2.05, 4.69) is 28.1 Å². The number of carbonyl (C=O) groups is 1. The monoisotopic (exact) mass is 439 g/mol. The van der Waals surface area contributed by atoms with E-state index in [1.54, 1.807) is 0 Å². The quantitative estimate of drug-likeness (QED) is 0.344. The molecule has 4 rings (SSSR count). The first-order chi connectivity index (χ1) is 14.7. The van der Waals surface area contributed by atoms with Gasteiger partial charge in [0.1, 0.15) is 5.82 Å². The molecule has 1 aliphatic rings. The van der Waals surface area contributed by atoms with Crippen molar-refractivity contribution in [1.29, 1.82) is 0 Å². The van der Waals surface area contributed by atoms with Crippen molar-refractivity contribution in [3.8, 4) is 0 Å². The molecule has 158 valence electrons. The van der Waals surface area contributed by atoms with Crippen molar-refractivity contribution in [2.75, 3.05) is 5.75 Å². The Balaban J connectivity index is 1.43. The molecule has 0 bridgehead atoms. The van der Waals surface area contributed by atoms with Gasteiger partial charge in [-0.15, -0.1) is 0 Å². The number of imidazole rings is 1. The van der Waals surface area contributed by atoms with Crippen LogP contribution in [-0.4, -0.2) is 26.5 Å². The number of aryl methyl sites for hydroxylation is 1. The van der Waals surface area contributed by atoms with Crippen molar-refractivity contribution in [2.24, 2.45) is 7.05 Å². The zero-order chi connectivity index (χ0) is 20.8. The van der Waals surface area contributed by atoms with Crippen molar-refractivity contribution in [1.82, 2.24) is 14.9 Å². The predicted octanol–water partition coefficient (Wildman–Crippen LogP) is 5.69. The molecule has 2 heterocycles. The molecule has 6 heteroatoms. The van der Waals surface area contributed by atoms with Crippen LogP contribution in [0.1, 0.15) is 49.5 Å². The molecule has 30 heavy (non-hydrogen) atoms. The van der Waals surface area contributed by atoms with Gasteiger partial charge in [0.2, 0.25) is 5.91 Å². The van der Waals surface area contributed by atoms with E-state index in [0.29, 0.717) is 6.42 Å². The van der Waals surface area contributed by atoms with Crippen LogP contribution in [-0.2, 0) is 18.3 Å². The van der Waals surface area contributed by atoms with E-state index in [4.69, 9.17) is 4.98 Å². The van der Waals surface area contributed by atoms with Crippen LogP contribution in [0.15, 0.2) is 54.6 Å². The Kier molecular flexibility index (Phi) is 7.39. The number of nitrogens with zero attached hydrogens (tertiary/aromatic N) is 2. The molecule has 1 fully saturated rings. The van der Waals surface area contributed by atoms with E-state index in [1.165, 1.54) is 24.2 Å². The second kappa shape index (κ2) is 10.4. The van der Waals surface area contributed by atoms with Crippen LogP contribution in [0.4, 0.5) is 0 Å². The minimum atomic E-state index is -0.140.